The van der Waals surface area contributed by atoms with Gasteiger partial charge in [-0.1, -0.05) is 31.1 Å². The van der Waals surface area contributed by atoms with Crippen LogP contribution in [0.4, 0.5) is 0 Å². The SMILES string of the molecule is O=C(O)CC/C=C\[C@@H](O)[C@@H](O)CCCCCC=C(Br)Br. The standard InChI is InChI=1S/C14H22Br2O4/c15-13(16)9-4-2-1-3-7-11(17)12(18)8-5-6-10-14(19)20/h5,8-9,11-12,17-18H,1-4,6-7,10H2,(H,19,20)/b8-5-/t11-,12+/m0/s1. The second kappa shape index (κ2) is 12.6. The topological polar surface area (TPSA) is 77.8 Å². The molecule has 0 heterocycles. The summed E-state index contributed by atoms with van der Waals surface area (Å²) in [5, 5.41) is 27.8. The lowest BCUT2D eigenvalue weighted by molar-refractivity contribution is -0.136. The molecule has 4 nitrogen and oxygen atoms in total. The maximum absolute atomic E-state index is 10.3. The first-order valence-corrected chi connectivity index (χ1v) is 8.28. The predicted molar refractivity (Wildman–Crippen MR) is 87.0 cm³/mol. The third-order valence-corrected chi connectivity index (χ3v) is 3.40. The van der Waals surface area contributed by atoms with E-state index < -0.39 is 18.2 Å². The molecule has 0 aliphatic heterocycles. The molecule has 6 heteroatoms. The molecule has 0 saturated heterocycles. The molecule has 3 N–H and O–H groups in total. The number of rotatable bonds is 11. The van der Waals surface area contributed by atoms with E-state index in [9.17, 15) is 15.0 Å². The van der Waals surface area contributed by atoms with E-state index in [1.54, 1.807) is 6.08 Å². The Morgan fingerprint density at radius 3 is 2.40 bits per heavy atom. The van der Waals surface area contributed by atoms with Gasteiger partial charge in [-0.05, 0) is 57.5 Å². The molecule has 0 spiro atoms. The molecule has 0 bridgehead atoms. The maximum atomic E-state index is 10.3. The van der Waals surface area contributed by atoms with Crippen LogP contribution in [0.5, 0.6) is 0 Å². The molecule has 2 atom stereocenters. The minimum absolute atomic E-state index is 0.0377. The molecule has 0 aliphatic carbocycles. The van der Waals surface area contributed by atoms with Gasteiger partial charge in [0.2, 0.25) is 0 Å². The summed E-state index contributed by atoms with van der Waals surface area (Å²) in [4.78, 5) is 10.3. The summed E-state index contributed by atoms with van der Waals surface area (Å²) >= 11 is 6.57. The summed E-state index contributed by atoms with van der Waals surface area (Å²) in [6.07, 6.45) is 8.22. The molecule has 116 valence electrons. The number of aliphatic hydroxyl groups excluding tert-OH is 2. The van der Waals surface area contributed by atoms with Crippen molar-refractivity contribution in [2.75, 3.05) is 0 Å². The van der Waals surface area contributed by atoms with Gasteiger partial charge in [-0.15, -0.1) is 0 Å². The van der Waals surface area contributed by atoms with Crippen molar-refractivity contribution in [3.8, 4) is 0 Å². The molecule has 0 saturated carbocycles. The third kappa shape index (κ3) is 12.8. The summed E-state index contributed by atoms with van der Waals surface area (Å²) < 4.78 is 0.951. The molecular weight excluding hydrogens is 392 g/mol. The molecule has 20 heavy (non-hydrogen) atoms. The van der Waals surface area contributed by atoms with E-state index in [4.69, 9.17) is 5.11 Å². The molecule has 0 aliphatic rings. The minimum Gasteiger partial charge on any atom is -0.481 e. The largest absolute Gasteiger partial charge is 0.481 e. The Morgan fingerprint density at radius 2 is 1.80 bits per heavy atom. The number of aliphatic hydroxyl groups is 2. The molecule has 0 radical (unpaired) electrons. The Balaban J connectivity index is 3.66. The van der Waals surface area contributed by atoms with Crippen molar-refractivity contribution in [1.29, 1.82) is 0 Å². The van der Waals surface area contributed by atoms with Crippen molar-refractivity contribution < 1.29 is 20.1 Å². The second-order valence-electron chi connectivity index (χ2n) is 4.55. The number of halogens is 2. The highest BCUT2D eigenvalue weighted by atomic mass is 79.9. The van der Waals surface area contributed by atoms with Crippen LogP contribution >= 0.6 is 31.9 Å². The van der Waals surface area contributed by atoms with Gasteiger partial charge in [0, 0.05) is 6.42 Å². The first kappa shape index (κ1) is 19.8. The molecule has 0 unspecified atom stereocenters. The summed E-state index contributed by atoms with van der Waals surface area (Å²) in [6, 6.07) is 0. The van der Waals surface area contributed by atoms with Crippen molar-refractivity contribution in [1.82, 2.24) is 0 Å². The smallest absolute Gasteiger partial charge is 0.303 e. The number of carboxylic acid groups (broad SMARTS) is 1. The van der Waals surface area contributed by atoms with Gasteiger partial charge in [0.05, 0.1) is 15.6 Å². The fraction of sp³-hybridized carbons (Fsp3) is 0.643. The van der Waals surface area contributed by atoms with E-state index in [0.717, 1.165) is 29.1 Å². The van der Waals surface area contributed by atoms with Crippen LogP contribution < -0.4 is 0 Å². The summed E-state index contributed by atoms with van der Waals surface area (Å²) in [5.74, 6) is -0.867. The van der Waals surface area contributed by atoms with Crippen LogP contribution in [-0.4, -0.2) is 33.5 Å². The lowest BCUT2D eigenvalue weighted by Gasteiger charge is -2.14. The van der Waals surface area contributed by atoms with Gasteiger partial charge >= 0.3 is 5.97 Å². The average Bonchev–Trinajstić information content (AvgIpc) is 2.37. The van der Waals surface area contributed by atoms with E-state index in [1.807, 2.05) is 6.08 Å². The van der Waals surface area contributed by atoms with Crippen LogP contribution in [0, 0.1) is 0 Å². The van der Waals surface area contributed by atoms with Crippen LogP contribution in [0.25, 0.3) is 0 Å². The monoisotopic (exact) mass is 412 g/mol. The van der Waals surface area contributed by atoms with Gasteiger partial charge in [0.25, 0.3) is 0 Å². The number of carbonyl (C=O) groups is 1. The number of hydrogen-bond acceptors (Lipinski definition) is 3. The molecule has 0 aromatic carbocycles. The zero-order chi connectivity index (χ0) is 15.4. The van der Waals surface area contributed by atoms with Crippen molar-refractivity contribution in [3.05, 3.63) is 21.6 Å². The van der Waals surface area contributed by atoms with Crippen LogP contribution in [0.1, 0.15) is 44.9 Å². The van der Waals surface area contributed by atoms with Gasteiger partial charge < -0.3 is 15.3 Å². The summed E-state index contributed by atoms with van der Waals surface area (Å²) in [6.45, 7) is 0. The highest BCUT2D eigenvalue weighted by molar-refractivity contribution is 9.28. The lowest BCUT2D eigenvalue weighted by Crippen LogP contribution is -2.23. The molecule has 0 fully saturated rings. The first-order valence-electron chi connectivity index (χ1n) is 6.69. The molecular formula is C14H22Br2O4. The Hall–Kier alpha value is -0.170. The van der Waals surface area contributed by atoms with Crippen molar-refractivity contribution in [2.24, 2.45) is 0 Å². The number of carboxylic acids is 1. The van der Waals surface area contributed by atoms with Crippen LogP contribution in [0.2, 0.25) is 0 Å². The van der Waals surface area contributed by atoms with E-state index in [2.05, 4.69) is 31.9 Å². The maximum Gasteiger partial charge on any atom is 0.303 e. The van der Waals surface area contributed by atoms with Crippen molar-refractivity contribution in [2.45, 2.75) is 57.2 Å². The van der Waals surface area contributed by atoms with Crippen LogP contribution in [0.15, 0.2) is 21.6 Å². The summed E-state index contributed by atoms with van der Waals surface area (Å²) in [7, 11) is 0. The second-order valence-corrected chi connectivity index (χ2v) is 7.32. The van der Waals surface area contributed by atoms with Gasteiger partial charge in [0.15, 0.2) is 0 Å². The number of unbranched alkanes of at least 4 members (excludes halogenated alkanes) is 3. The first-order chi connectivity index (χ1) is 9.43. The fourth-order valence-corrected chi connectivity index (χ4v) is 2.09. The quantitative estimate of drug-likeness (QED) is 0.356. The number of aliphatic carboxylic acids is 1. The summed E-state index contributed by atoms with van der Waals surface area (Å²) in [5.41, 5.74) is 0. The molecule has 0 rings (SSSR count). The number of allylic oxidation sites excluding steroid dienone is 2. The highest BCUT2D eigenvalue weighted by Gasteiger charge is 2.12. The van der Waals surface area contributed by atoms with Crippen LogP contribution in [0.3, 0.4) is 0 Å². The predicted octanol–water partition coefficient (Wildman–Crippen LogP) is 3.71. The third-order valence-electron chi connectivity index (χ3n) is 2.76. The lowest BCUT2D eigenvalue weighted by atomic mass is 10.0. The van der Waals surface area contributed by atoms with Gasteiger partial charge in [-0.2, -0.15) is 0 Å². The average molecular weight is 414 g/mol. The zero-order valence-corrected chi connectivity index (χ0v) is 14.5. The van der Waals surface area contributed by atoms with Crippen LogP contribution in [-0.2, 0) is 4.79 Å². The van der Waals surface area contributed by atoms with Gasteiger partial charge in [-0.25, -0.2) is 0 Å². The normalized spacial score (nSPS) is 14.2. The Morgan fingerprint density at radius 1 is 1.10 bits per heavy atom. The highest BCUT2D eigenvalue weighted by Crippen LogP contribution is 2.16. The molecule has 0 aromatic rings. The number of hydrogen-bond donors (Lipinski definition) is 3. The van der Waals surface area contributed by atoms with Gasteiger partial charge in [0.1, 0.15) is 0 Å². The molecule has 0 aromatic heterocycles. The zero-order valence-electron chi connectivity index (χ0n) is 11.3. The fourth-order valence-electron chi connectivity index (χ4n) is 1.63. The molecule has 0 amide bonds. The van der Waals surface area contributed by atoms with E-state index in [-0.39, 0.29) is 6.42 Å². The Kier molecular flexibility index (Phi) is 12.5. The van der Waals surface area contributed by atoms with Crippen molar-refractivity contribution >= 4 is 37.8 Å². The van der Waals surface area contributed by atoms with E-state index >= 15 is 0 Å². The van der Waals surface area contributed by atoms with E-state index in [0.29, 0.717) is 12.8 Å². The Labute approximate surface area is 136 Å². The van der Waals surface area contributed by atoms with E-state index in [1.165, 1.54) is 6.08 Å². The Bertz CT molecular complexity index is 325. The van der Waals surface area contributed by atoms with Crippen molar-refractivity contribution in [3.63, 3.8) is 0 Å². The minimum atomic E-state index is -0.916. The van der Waals surface area contributed by atoms with Gasteiger partial charge in [-0.3, -0.25) is 4.79 Å².